The van der Waals surface area contributed by atoms with Crippen molar-refractivity contribution in [3.05, 3.63) is 72.2 Å². The first-order chi connectivity index (χ1) is 18.6. The molecule has 0 unspecified atom stereocenters. The third kappa shape index (κ3) is 5.38. The van der Waals surface area contributed by atoms with Crippen molar-refractivity contribution < 1.29 is 9.53 Å². The van der Waals surface area contributed by atoms with Gasteiger partial charge in [-0.15, -0.1) is 0 Å². The fraction of sp³-hybridized carbons (Fsp3) is 0.310. The number of aromatic amines is 1. The summed E-state index contributed by atoms with van der Waals surface area (Å²) in [6.07, 6.45) is 7.83. The molecule has 194 valence electrons. The van der Waals surface area contributed by atoms with E-state index >= 15 is 0 Å². The molecule has 1 saturated carbocycles. The van der Waals surface area contributed by atoms with Gasteiger partial charge in [-0.25, -0.2) is 9.97 Å². The summed E-state index contributed by atoms with van der Waals surface area (Å²) in [4.78, 5) is 24.4. The number of anilines is 2. The number of benzene rings is 2. The minimum Gasteiger partial charge on any atom is -0.484 e. The lowest BCUT2D eigenvalue weighted by Gasteiger charge is -2.26. The van der Waals surface area contributed by atoms with Gasteiger partial charge in [-0.1, -0.05) is 24.3 Å². The van der Waals surface area contributed by atoms with Crippen LogP contribution in [0.2, 0.25) is 0 Å². The minimum absolute atomic E-state index is 0.00104. The van der Waals surface area contributed by atoms with Crippen molar-refractivity contribution in [2.45, 2.75) is 38.3 Å². The normalized spacial score (nSPS) is 15.4. The Kier molecular flexibility index (Phi) is 6.75. The summed E-state index contributed by atoms with van der Waals surface area (Å²) in [5.74, 6) is 1.98. The maximum atomic E-state index is 12.2. The second-order valence-corrected chi connectivity index (χ2v) is 10.0. The van der Waals surface area contributed by atoms with Crippen LogP contribution >= 0.6 is 0 Å². The summed E-state index contributed by atoms with van der Waals surface area (Å²) in [6, 6.07) is 16.2. The number of nitrogens with one attached hydrogen (secondary N) is 3. The minimum atomic E-state index is -0.0838. The molecule has 0 atom stereocenters. The highest BCUT2D eigenvalue weighted by molar-refractivity contribution is 5.78. The van der Waals surface area contributed by atoms with Crippen LogP contribution in [0, 0.1) is 0 Å². The van der Waals surface area contributed by atoms with E-state index in [4.69, 9.17) is 14.7 Å². The molecule has 2 aromatic carbocycles. The molecule has 9 nitrogen and oxygen atoms in total. The van der Waals surface area contributed by atoms with Gasteiger partial charge in [-0.05, 0) is 56.1 Å². The van der Waals surface area contributed by atoms with Crippen molar-refractivity contribution in [1.82, 2.24) is 30.4 Å². The number of hydrogen-bond acceptors (Lipinski definition) is 7. The first-order valence-corrected chi connectivity index (χ1v) is 13.1. The Bertz CT molecular complexity index is 1420. The number of nitrogens with zero attached hydrogens (tertiary/aromatic N) is 4. The molecular formula is C29H31N7O2. The van der Waals surface area contributed by atoms with Crippen LogP contribution in [0.25, 0.3) is 22.5 Å². The number of likely N-dealkylation sites (N-methyl/N-ethyl adjacent to an activating group) is 1. The summed E-state index contributed by atoms with van der Waals surface area (Å²) in [7, 11) is 2.11. The zero-order valence-electron chi connectivity index (χ0n) is 21.4. The summed E-state index contributed by atoms with van der Waals surface area (Å²) < 4.78 is 5.80. The van der Waals surface area contributed by atoms with Gasteiger partial charge in [-0.3, -0.25) is 9.89 Å². The SMILES string of the molecule is CN1CCc2nc(-c3cccc(OCC(=O)NC4CCC4)c3)nc(Nc3ccc(-c4cn[nH]c4)cc3)c2C1. The third-order valence-electron chi connectivity index (χ3n) is 7.16. The average molecular weight is 510 g/mol. The lowest BCUT2D eigenvalue weighted by Crippen LogP contribution is -2.41. The highest BCUT2D eigenvalue weighted by Crippen LogP contribution is 2.31. The Labute approximate surface area is 221 Å². The van der Waals surface area contributed by atoms with Crippen molar-refractivity contribution >= 4 is 17.4 Å². The van der Waals surface area contributed by atoms with Crippen LogP contribution in [0.3, 0.4) is 0 Å². The largest absolute Gasteiger partial charge is 0.484 e. The zero-order chi connectivity index (χ0) is 25.9. The molecule has 1 aliphatic heterocycles. The molecule has 1 amide bonds. The van der Waals surface area contributed by atoms with E-state index in [1.54, 1.807) is 0 Å². The third-order valence-corrected chi connectivity index (χ3v) is 7.16. The molecule has 0 bridgehead atoms. The van der Waals surface area contributed by atoms with Gasteiger partial charge < -0.3 is 20.3 Å². The van der Waals surface area contributed by atoms with Gasteiger partial charge in [0.05, 0.1) is 11.9 Å². The van der Waals surface area contributed by atoms with Crippen LogP contribution in [0.15, 0.2) is 60.9 Å². The standard InChI is InChI=1S/C29H31N7O2/c1-36-13-12-26-25(17-36)29(33-23-10-8-19(9-11-23)21-15-30-31-16-21)35-28(34-26)20-4-2-7-24(14-20)38-18-27(37)32-22-5-3-6-22/h2,4,7-11,14-16,22H,3,5-6,12-13,17-18H2,1H3,(H,30,31)(H,32,37)(H,33,34,35). The highest BCUT2D eigenvalue weighted by atomic mass is 16.5. The molecule has 1 aliphatic carbocycles. The number of aromatic nitrogens is 4. The number of fused-ring (bicyclic) bond motifs is 1. The highest BCUT2D eigenvalue weighted by Gasteiger charge is 2.22. The first-order valence-electron chi connectivity index (χ1n) is 13.1. The van der Waals surface area contributed by atoms with E-state index in [0.29, 0.717) is 17.6 Å². The fourth-order valence-corrected chi connectivity index (χ4v) is 4.77. The number of hydrogen-bond donors (Lipinski definition) is 3. The van der Waals surface area contributed by atoms with Crippen LogP contribution in [0.5, 0.6) is 5.75 Å². The van der Waals surface area contributed by atoms with Crippen LogP contribution in [0.4, 0.5) is 11.5 Å². The Morgan fingerprint density at radius 2 is 1.97 bits per heavy atom. The van der Waals surface area contributed by atoms with Crippen LogP contribution in [-0.2, 0) is 17.8 Å². The second kappa shape index (κ2) is 10.6. The van der Waals surface area contributed by atoms with Crippen molar-refractivity contribution in [3.63, 3.8) is 0 Å². The Balaban J connectivity index is 1.24. The molecule has 38 heavy (non-hydrogen) atoms. The second-order valence-electron chi connectivity index (χ2n) is 10.0. The van der Waals surface area contributed by atoms with Gasteiger partial charge in [-0.2, -0.15) is 5.10 Å². The average Bonchev–Trinajstić information content (AvgIpc) is 3.45. The van der Waals surface area contributed by atoms with Gasteiger partial charge in [0.15, 0.2) is 12.4 Å². The van der Waals surface area contributed by atoms with E-state index < -0.39 is 0 Å². The molecule has 1 fully saturated rings. The van der Waals surface area contributed by atoms with Crippen molar-refractivity contribution in [2.24, 2.45) is 0 Å². The molecule has 0 spiro atoms. The maximum absolute atomic E-state index is 12.2. The Hall–Kier alpha value is -4.24. The van der Waals surface area contributed by atoms with E-state index in [2.05, 4.69) is 44.9 Å². The van der Waals surface area contributed by atoms with Gasteiger partial charge in [0, 0.05) is 54.1 Å². The maximum Gasteiger partial charge on any atom is 0.258 e. The molecule has 3 N–H and O–H groups in total. The molecule has 0 saturated heterocycles. The Morgan fingerprint density at radius 3 is 2.74 bits per heavy atom. The monoisotopic (exact) mass is 509 g/mol. The molecule has 0 radical (unpaired) electrons. The number of rotatable bonds is 8. The predicted octanol–water partition coefficient (Wildman–Crippen LogP) is 4.31. The lowest BCUT2D eigenvalue weighted by atomic mass is 9.93. The van der Waals surface area contributed by atoms with Gasteiger partial charge in [0.25, 0.3) is 5.91 Å². The van der Waals surface area contributed by atoms with Crippen molar-refractivity contribution in [2.75, 3.05) is 25.5 Å². The molecule has 2 aliphatic rings. The molecule has 6 rings (SSSR count). The van der Waals surface area contributed by atoms with E-state index in [1.165, 1.54) is 6.42 Å². The van der Waals surface area contributed by atoms with E-state index in [9.17, 15) is 4.79 Å². The summed E-state index contributed by atoms with van der Waals surface area (Å²) in [5, 5.41) is 13.4. The number of amides is 1. The fourth-order valence-electron chi connectivity index (χ4n) is 4.77. The van der Waals surface area contributed by atoms with Crippen LogP contribution in [-0.4, -0.2) is 57.2 Å². The number of carbonyl (C=O) groups is 1. The van der Waals surface area contributed by atoms with Gasteiger partial charge >= 0.3 is 0 Å². The topological polar surface area (TPSA) is 108 Å². The van der Waals surface area contributed by atoms with E-state index in [0.717, 1.165) is 71.8 Å². The molecule has 2 aromatic heterocycles. The summed E-state index contributed by atoms with van der Waals surface area (Å²) in [5.41, 5.74) is 6.10. The van der Waals surface area contributed by atoms with Crippen LogP contribution in [0.1, 0.15) is 30.5 Å². The zero-order valence-corrected chi connectivity index (χ0v) is 21.4. The lowest BCUT2D eigenvalue weighted by molar-refractivity contribution is -0.124. The summed E-state index contributed by atoms with van der Waals surface area (Å²) >= 11 is 0. The van der Waals surface area contributed by atoms with Gasteiger partial charge in [0.1, 0.15) is 11.6 Å². The molecule has 3 heterocycles. The van der Waals surface area contributed by atoms with Crippen molar-refractivity contribution in [1.29, 1.82) is 0 Å². The number of ether oxygens (including phenoxy) is 1. The quantitative estimate of drug-likeness (QED) is 0.325. The Morgan fingerprint density at radius 1 is 1.11 bits per heavy atom. The number of carbonyl (C=O) groups excluding carboxylic acids is 1. The number of H-pyrrole nitrogens is 1. The molecular weight excluding hydrogens is 478 g/mol. The van der Waals surface area contributed by atoms with Crippen molar-refractivity contribution in [3.8, 4) is 28.3 Å². The van der Waals surface area contributed by atoms with Gasteiger partial charge in [0.2, 0.25) is 0 Å². The predicted molar refractivity (Wildman–Crippen MR) is 146 cm³/mol. The molecule has 4 aromatic rings. The van der Waals surface area contributed by atoms with E-state index in [-0.39, 0.29) is 12.5 Å². The summed E-state index contributed by atoms with van der Waals surface area (Å²) in [6.45, 7) is 1.73. The van der Waals surface area contributed by atoms with Crippen LogP contribution < -0.4 is 15.4 Å². The van der Waals surface area contributed by atoms with E-state index in [1.807, 2.05) is 48.8 Å². The molecule has 9 heteroatoms. The smallest absolute Gasteiger partial charge is 0.258 e. The first kappa shape index (κ1) is 24.1.